The third-order valence-corrected chi connectivity index (χ3v) is 2.86. The van der Waals surface area contributed by atoms with Gasteiger partial charge in [-0.15, -0.1) is 11.3 Å². The van der Waals surface area contributed by atoms with Crippen molar-refractivity contribution < 1.29 is 4.79 Å². The van der Waals surface area contributed by atoms with Crippen LogP contribution in [0.15, 0.2) is 23.7 Å². The fourth-order valence-corrected chi connectivity index (χ4v) is 1.95. The lowest BCUT2D eigenvalue weighted by Gasteiger charge is -2.02. The maximum Gasteiger partial charge on any atom is 0.231 e. The van der Waals surface area contributed by atoms with Crippen LogP contribution in [0.1, 0.15) is 5.69 Å². The molecule has 0 aliphatic heterocycles. The summed E-state index contributed by atoms with van der Waals surface area (Å²) < 4.78 is 0. The molecular formula is C10H9ClN4OS. The van der Waals surface area contributed by atoms with Crippen molar-refractivity contribution in [3.63, 3.8) is 0 Å². The van der Waals surface area contributed by atoms with E-state index in [0.29, 0.717) is 21.7 Å². The molecule has 5 nitrogen and oxygen atoms in total. The van der Waals surface area contributed by atoms with E-state index in [9.17, 15) is 4.79 Å². The molecule has 0 aliphatic rings. The minimum absolute atomic E-state index is 0.169. The molecule has 0 aliphatic carbocycles. The van der Waals surface area contributed by atoms with E-state index < -0.39 is 0 Å². The smallest absolute Gasteiger partial charge is 0.231 e. The molecule has 2 aromatic heterocycles. The first-order valence-electron chi connectivity index (χ1n) is 4.75. The Morgan fingerprint density at radius 1 is 1.59 bits per heavy atom. The summed E-state index contributed by atoms with van der Waals surface area (Å²) >= 11 is 7.08. The number of nitrogens with one attached hydrogen (secondary N) is 1. The van der Waals surface area contributed by atoms with Gasteiger partial charge >= 0.3 is 0 Å². The Labute approximate surface area is 107 Å². The van der Waals surface area contributed by atoms with Gasteiger partial charge in [0, 0.05) is 16.6 Å². The van der Waals surface area contributed by atoms with E-state index in [-0.39, 0.29) is 12.3 Å². The highest BCUT2D eigenvalue weighted by atomic mass is 35.5. The monoisotopic (exact) mass is 268 g/mol. The molecule has 0 atom stereocenters. The highest BCUT2D eigenvalue weighted by molar-refractivity contribution is 7.13. The molecule has 7 heteroatoms. The Kier molecular flexibility index (Phi) is 3.55. The lowest BCUT2D eigenvalue weighted by molar-refractivity contribution is -0.115. The van der Waals surface area contributed by atoms with Crippen LogP contribution in [-0.4, -0.2) is 15.9 Å². The van der Waals surface area contributed by atoms with Crippen molar-refractivity contribution in [2.45, 2.75) is 6.42 Å². The van der Waals surface area contributed by atoms with Gasteiger partial charge in [0.1, 0.15) is 5.82 Å². The summed E-state index contributed by atoms with van der Waals surface area (Å²) in [6.45, 7) is 0. The van der Waals surface area contributed by atoms with E-state index in [1.807, 2.05) is 0 Å². The third kappa shape index (κ3) is 3.40. The topological polar surface area (TPSA) is 80.9 Å². The predicted octanol–water partition coefficient (Wildman–Crippen LogP) is 1.95. The van der Waals surface area contributed by atoms with Crippen molar-refractivity contribution in [1.82, 2.24) is 9.97 Å². The van der Waals surface area contributed by atoms with Gasteiger partial charge in [0.25, 0.3) is 0 Å². The van der Waals surface area contributed by atoms with Crippen molar-refractivity contribution in [1.29, 1.82) is 0 Å². The van der Waals surface area contributed by atoms with E-state index in [1.54, 1.807) is 17.5 Å². The second-order valence-corrected chi connectivity index (χ2v) is 4.59. The van der Waals surface area contributed by atoms with Gasteiger partial charge in [-0.3, -0.25) is 4.79 Å². The predicted molar refractivity (Wildman–Crippen MR) is 68.1 cm³/mol. The minimum atomic E-state index is -0.204. The molecular weight excluding hydrogens is 260 g/mol. The number of anilines is 2. The van der Waals surface area contributed by atoms with Gasteiger partial charge in [-0.2, -0.15) is 0 Å². The van der Waals surface area contributed by atoms with Crippen LogP contribution in [0.25, 0.3) is 0 Å². The van der Waals surface area contributed by atoms with Crippen LogP contribution in [0.5, 0.6) is 0 Å². The lowest BCUT2D eigenvalue weighted by Crippen LogP contribution is -2.15. The van der Waals surface area contributed by atoms with Gasteiger partial charge in [0.05, 0.1) is 12.1 Å². The van der Waals surface area contributed by atoms with Gasteiger partial charge in [0.15, 0.2) is 5.13 Å². The number of hydrogen-bond acceptors (Lipinski definition) is 5. The number of halogens is 1. The van der Waals surface area contributed by atoms with Crippen molar-refractivity contribution in [3.05, 3.63) is 34.4 Å². The second-order valence-electron chi connectivity index (χ2n) is 3.26. The summed E-state index contributed by atoms with van der Waals surface area (Å²) in [5.41, 5.74) is 6.12. The highest BCUT2D eigenvalue weighted by Gasteiger charge is 2.07. The molecule has 0 saturated heterocycles. The average Bonchev–Trinajstić information content (AvgIpc) is 2.63. The van der Waals surface area contributed by atoms with Crippen molar-refractivity contribution in [2.75, 3.05) is 11.1 Å². The summed E-state index contributed by atoms with van der Waals surface area (Å²) in [5.74, 6) is 0.218. The van der Waals surface area contributed by atoms with Gasteiger partial charge in [-0.1, -0.05) is 11.6 Å². The molecule has 17 heavy (non-hydrogen) atoms. The molecule has 0 unspecified atom stereocenters. The summed E-state index contributed by atoms with van der Waals surface area (Å²) in [5, 5.41) is 5.35. The molecule has 0 bridgehead atoms. The van der Waals surface area contributed by atoms with Crippen molar-refractivity contribution >= 4 is 39.8 Å². The number of nitrogen functional groups attached to an aromatic ring is 1. The Morgan fingerprint density at radius 2 is 2.41 bits per heavy atom. The summed E-state index contributed by atoms with van der Waals surface area (Å²) in [4.78, 5) is 19.6. The highest BCUT2D eigenvalue weighted by Crippen LogP contribution is 2.14. The minimum Gasteiger partial charge on any atom is -0.375 e. The SMILES string of the molecule is Nc1nc(CC(=O)Nc2cc(Cl)ccn2)cs1. The van der Waals surface area contributed by atoms with Crippen molar-refractivity contribution in [3.8, 4) is 0 Å². The zero-order valence-electron chi connectivity index (χ0n) is 8.68. The van der Waals surface area contributed by atoms with Gasteiger partial charge < -0.3 is 11.1 Å². The first-order valence-corrected chi connectivity index (χ1v) is 6.00. The Balaban J connectivity index is 1.98. The van der Waals surface area contributed by atoms with Crippen LogP contribution in [0.3, 0.4) is 0 Å². The maximum absolute atomic E-state index is 11.6. The summed E-state index contributed by atoms with van der Waals surface area (Å²) in [6.07, 6.45) is 1.70. The van der Waals surface area contributed by atoms with E-state index in [2.05, 4.69) is 15.3 Å². The van der Waals surface area contributed by atoms with Crippen LogP contribution >= 0.6 is 22.9 Å². The molecule has 0 fully saturated rings. The van der Waals surface area contributed by atoms with Crippen LogP contribution in [0.4, 0.5) is 10.9 Å². The number of amides is 1. The molecule has 0 radical (unpaired) electrons. The molecule has 0 saturated carbocycles. The number of pyridine rings is 1. The zero-order chi connectivity index (χ0) is 12.3. The van der Waals surface area contributed by atoms with Crippen LogP contribution in [0.2, 0.25) is 5.02 Å². The molecule has 2 heterocycles. The van der Waals surface area contributed by atoms with Gasteiger partial charge in [-0.05, 0) is 12.1 Å². The van der Waals surface area contributed by atoms with Crippen LogP contribution < -0.4 is 11.1 Å². The molecule has 88 valence electrons. The molecule has 3 N–H and O–H groups in total. The summed E-state index contributed by atoms with van der Waals surface area (Å²) in [6, 6.07) is 3.22. The number of thiazole rings is 1. The fourth-order valence-electron chi connectivity index (χ4n) is 1.23. The maximum atomic E-state index is 11.6. The number of carbonyl (C=O) groups excluding carboxylic acids is 1. The number of rotatable bonds is 3. The molecule has 0 spiro atoms. The number of nitrogens with zero attached hydrogens (tertiary/aromatic N) is 2. The number of hydrogen-bond donors (Lipinski definition) is 2. The average molecular weight is 269 g/mol. The Hall–Kier alpha value is -1.66. The van der Waals surface area contributed by atoms with Gasteiger partial charge in [0.2, 0.25) is 5.91 Å². The number of carbonyl (C=O) groups is 1. The van der Waals surface area contributed by atoms with E-state index in [4.69, 9.17) is 17.3 Å². The fraction of sp³-hybridized carbons (Fsp3) is 0.100. The summed E-state index contributed by atoms with van der Waals surface area (Å²) in [7, 11) is 0. The standard InChI is InChI=1S/C10H9ClN4OS/c11-6-1-2-13-8(3-6)15-9(16)4-7-5-17-10(12)14-7/h1-3,5H,4H2,(H2,12,14)(H,13,15,16). The zero-order valence-corrected chi connectivity index (χ0v) is 10.3. The van der Waals surface area contributed by atoms with E-state index >= 15 is 0 Å². The van der Waals surface area contributed by atoms with E-state index in [1.165, 1.54) is 17.5 Å². The van der Waals surface area contributed by atoms with E-state index in [0.717, 1.165) is 0 Å². The first-order chi connectivity index (χ1) is 8.13. The largest absolute Gasteiger partial charge is 0.375 e. The molecule has 0 aromatic carbocycles. The molecule has 1 amide bonds. The second kappa shape index (κ2) is 5.11. The Morgan fingerprint density at radius 3 is 3.06 bits per heavy atom. The first kappa shape index (κ1) is 11.8. The quantitative estimate of drug-likeness (QED) is 0.892. The normalized spacial score (nSPS) is 10.2. The lowest BCUT2D eigenvalue weighted by atomic mass is 10.3. The number of aromatic nitrogens is 2. The van der Waals surface area contributed by atoms with Crippen LogP contribution in [0, 0.1) is 0 Å². The molecule has 2 rings (SSSR count). The molecule has 2 aromatic rings. The number of nitrogens with two attached hydrogens (primary N) is 1. The third-order valence-electron chi connectivity index (χ3n) is 1.90. The van der Waals surface area contributed by atoms with Crippen LogP contribution in [-0.2, 0) is 11.2 Å². The Bertz CT molecular complexity index is 543. The van der Waals surface area contributed by atoms with Gasteiger partial charge in [-0.25, -0.2) is 9.97 Å². The van der Waals surface area contributed by atoms with Crippen molar-refractivity contribution in [2.24, 2.45) is 0 Å².